The summed E-state index contributed by atoms with van der Waals surface area (Å²) in [4.78, 5) is 11.0. The van der Waals surface area contributed by atoms with Crippen LogP contribution in [0, 0.1) is 0 Å². The van der Waals surface area contributed by atoms with E-state index in [-0.39, 0.29) is 5.69 Å². The summed E-state index contributed by atoms with van der Waals surface area (Å²) in [6.07, 6.45) is 6.23. The third-order valence-corrected chi connectivity index (χ3v) is 3.30. The zero-order valence-corrected chi connectivity index (χ0v) is 9.80. The molecule has 1 aliphatic carbocycles. The number of rotatable bonds is 4. The molecular weight excluding hydrogens is 220 g/mol. The molecule has 1 fully saturated rings. The number of hydrogen-bond donors (Lipinski definition) is 2. The van der Waals surface area contributed by atoms with Crippen LogP contribution in [-0.2, 0) is 6.42 Å². The molecule has 6 heteroatoms. The Morgan fingerprint density at radius 3 is 2.71 bits per heavy atom. The van der Waals surface area contributed by atoms with Gasteiger partial charge in [-0.25, -0.2) is 9.48 Å². The molecule has 0 saturated heterocycles. The fourth-order valence-corrected chi connectivity index (χ4v) is 2.47. The van der Waals surface area contributed by atoms with Gasteiger partial charge in [0.25, 0.3) is 0 Å². The van der Waals surface area contributed by atoms with Gasteiger partial charge in [-0.2, -0.15) is 0 Å². The molecule has 1 saturated carbocycles. The lowest BCUT2D eigenvalue weighted by Crippen LogP contribution is -2.19. The molecule has 1 heterocycles. The Kier molecular flexibility index (Phi) is 3.73. The Hall–Kier alpha value is -1.43. The molecule has 0 atom stereocenters. The lowest BCUT2D eigenvalue weighted by Gasteiger charge is -2.23. The summed E-state index contributed by atoms with van der Waals surface area (Å²) in [5.74, 6) is -1.02. The third-order valence-electron chi connectivity index (χ3n) is 3.30. The van der Waals surface area contributed by atoms with Gasteiger partial charge in [-0.15, -0.1) is 5.10 Å². The van der Waals surface area contributed by atoms with Crippen molar-refractivity contribution < 1.29 is 9.90 Å². The normalized spacial score (nSPS) is 17.2. The van der Waals surface area contributed by atoms with Gasteiger partial charge in [0.2, 0.25) is 0 Å². The molecule has 1 aliphatic rings. The van der Waals surface area contributed by atoms with Gasteiger partial charge in [0.1, 0.15) is 0 Å². The number of hydrogen-bond acceptors (Lipinski definition) is 4. The molecule has 3 N–H and O–H groups in total. The van der Waals surface area contributed by atoms with Gasteiger partial charge in [0.05, 0.1) is 11.7 Å². The van der Waals surface area contributed by atoms with E-state index in [1.54, 1.807) is 4.68 Å². The monoisotopic (exact) mass is 238 g/mol. The van der Waals surface area contributed by atoms with Gasteiger partial charge in [0, 0.05) is 6.42 Å². The summed E-state index contributed by atoms with van der Waals surface area (Å²) in [5.41, 5.74) is 6.25. The first-order chi connectivity index (χ1) is 8.24. The summed E-state index contributed by atoms with van der Waals surface area (Å²) in [6.45, 7) is 0.417. The highest BCUT2D eigenvalue weighted by Gasteiger charge is 2.24. The van der Waals surface area contributed by atoms with Crippen molar-refractivity contribution in [1.29, 1.82) is 0 Å². The van der Waals surface area contributed by atoms with Crippen molar-refractivity contribution in [2.75, 3.05) is 6.54 Å². The van der Waals surface area contributed by atoms with Crippen molar-refractivity contribution >= 4 is 5.97 Å². The van der Waals surface area contributed by atoms with Crippen LogP contribution in [-0.4, -0.2) is 32.6 Å². The first-order valence-corrected chi connectivity index (χ1v) is 6.11. The van der Waals surface area contributed by atoms with E-state index >= 15 is 0 Å². The number of carboxylic acid groups (broad SMARTS) is 1. The minimum absolute atomic E-state index is 0.0565. The van der Waals surface area contributed by atoms with Gasteiger partial charge < -0.3 is 10.8 Å². The topological polar surface area (TPSA) is 94.0 Å². The number of carbonyl (C=O) groups is 1. The number of aromatic carboxylic acids is 1. The van der Waals surface area contributed by atoms with E-state index in [0.29, 0.717) is 24.7 Å². The predicted molar refractivity (Wildman–Crippen MR) is 61.9 cm³/mol. The molecule has 6 nitrogen and oxygen atoms in total. The van der Waals surface area contributed by atoms with Crippen molar-refractivity contribution in [1.82, 2.24) is 15.0 Å². The molecule has 0 bridgehead atoms. The molecule has 0 unspecified atom stereocenters. The van der Waals surface area contributed by atoms with Crippen LogP contribution in [0.3, 0.4) is 0 Å². The van der Waals surface area contributed by atoms with E-state index in [1.807, 2.05) is 0 Å². The average molecular weight is 238 g/mol. The van der Waals surface area contributed by atoms with Crippen molar-refractivity contribution in [2.24, 2.45) is 5.73 Å². The largest absolute Gasteiger partial charge is 0.476 e. The molecule has 2 rings (SSSR count). The minimum Gasteiger partial charge on any atom is -0.476 e. The Balaban J connectivity index is 2.28. The highest BCUT2D eigenvalue weighted by Crippen LogP contribution is 2.29. The summed E-state index contributed by atoms with van der Waals surface area (Å²) in [7, 11) is 0. The van der Waals surface area contributed by atoms with Crippen LogP contribution >= 0.6 is 0 Å². The lowest BCUT2D eigenvalue weighted by atomic mass is 9.95. The predicted octanol–water partition coefficient (Wildman–Crippen LogP) is 0.983. The van der Waals surface area contributed by atoms with Crippen LogP contribution in [0.5, 0.6) is 0 Å². The highest BCUT2D eigenvalue weighted by molar-refractivity contribution is 5.86. The Labute approximate surface area is 99.8 Å². The number of nitrogens with zero attached hydrogens (tertiary/aromatic N) is 3. The number of carboxylic acids is 1. The maximum absolute atomic E-state index is 11.0. The fraction of sp³-hybridized carbons (Fsp3) is 0.727. The second-order valence-electron chi connectivity index (χ2n) is 4.46. The van der Waals surface area contributed by atoms with Crippen molar-refractivity contribution in [3.8, 4) is 0 Å². The minimum atomic E-state index is -1.02. The van der Waals surface area contributed by atoms with Crippen LogP contribution in [0.4, 0.5) is 0 Å². The fourth-order valence-electron chi connectivity index (χ4n) is 2.47. The van der Waals surface area contributed by atoms with Gasteiger partial charge in [-0.3, -0.25) is 0 Å². The zero-order valence-electron chi connectivity index (χ0n) is 9.80. The molecule has 94 valence electrons. The average Bonchev–Trinajstić information content (AvgIpc) is 2.75. The quantitative estimate of drug-likeness (QED) is 0.815. The van der Waals surface area contributed by atoms with E-state index < -0.39 is 5.97 Å². The Bertz CT molecular complexity index is 396. The van der Waals surface area contributed by atoms with Crippen LogP contribution in [0.1, 0.15) is 54.3 Å². The van der Waals surface area contributed by atoms with E-state index in [1.165, 1.54) is 19.3 Å². The van der Waals surface area contributed by atoms with Crippen molar-refractivity contribution in [2.45, 2.75) is 44.6 Å². The van der Waals surface area contributed by atoms with Crippen LogP contribution in [0.2, 0.25) is 0 Å². The maximum Gasteiger partial charge on any atom is 0.358 e. The molecule has 0 spiro atoms. The summed E-state index contributed by atoms with van der Waals surface area (Å²) >= 11 is 0. The molecule has 0 aliphatic heterocycles. The second kappa shape index (κ2) is 5.27. The summed E-state index contributed by atoms with van der Waals surface area (Å²) < 4.78 is 1.79. The van der Waals surface area contributed by atoms with E-state index in [2.05, 4.69) is 10.3 Å². The van der Waals surface area contributed by atoms with E-state index in [9.17, 15) is 4.79 Å². The zero-order chi connectivity index (χ0) is 12.3. The van der Waals surface area contributed by atoms with Gasteiger partial charge in [-0.05, 0) is 19.4 Å². The Morgan fingerprint density at radius 2 is 2.12 bits per heavy atom. The molecule has 1 aromatic rings. The highest BCUT2D eigenvalue weighted by atomic mass is 16.4. The first kappa shape index (κ1) is 12.0. The van der Waals surface area contributed by atoms with Gasteiger partial charge in [-0.1, -0.05) is 24.5 Å². The van der Waals surface area contributed by atoms with Gasteiger partial charge >= 0.3 is 5.97 Å². The lowest BCUT2D eigenvalue weighted by molar-refractivity contribution is 0.0689. The maximum atomic E-state index is 11.0. The molecule has 0 amide bonds. The van der Waals surface area contributed by atoms with E-state index in [0.717, 1.165) is 12.8 Å². The molecule has 0 radical (unpaired) electrons. The first-order valence-electron chi connectivity index (χ1n) is 6.11. The molecule has 17 heavy (non-hydrogen) atoms. The second-order valence-corrected chi connectivity index (χ2v) is 4.46. The number of nitrogens with two attached hydrogens (primary N) is 1. The summed E-state index contributed by atoms with van der Waals surface area (Å²) in [5, 5.41) is 16.8. The smallest absolute Gasteiger partial charge is 0.358 e. The Morgan fingerprint density at radius 1 is 1.41 bits per heavy atom. The molecule has 1 aromatic heterocycles. The SMILES string of the molecule is NCCc1c(C(=O)O)nnn1C1CCCCC1. The van der Waals surface area contributed by atoms with Crippen LogP contribution < -0.4 is 5.73 Å². The molecule has 0 aromatic carbocycles. The van der Waals surface area contributed by atoms with Gasteiger partial charge in [0.15, 0.2) is 5.69 Å². The molecular formula is C11H18N4O2. The van der Waals surface area contributed by atoms with Crippen LogP contribution in [0.25, 0.3) is 0 Å². The van der Waals surface area contributed by atoms with Crippen LogP contribution in [0.15, 0.2) is 0 Å². The standard InChI is InChI=1S/C11H18N4O2/c12-7-6-9-10(11(16)17)13-14-15(9)8-4-2-1-3-5-8/h8H,1-7,12H2,(H,16,17). The third kappa shape index (κ3) is 2.46. The number of aromatic nitrogens is 3. The van der Waals surface area contributed by atoms with E-state index in [4.69, 9.17) is 10.8 Å². The van der Waals surface area contributed by atoms with Crippen molar-refractivity contribution in [3.63, 3.8) is 0 Å². The van der Waals surface area contributed by atoms with Crippen molar-refractivity contribution in [3.05, 3.63) is 11.4 Å². The summed E-state index contributed by atoms with van der Waals surface area (Å²) in [6, 6.07) is 0.297.